The zero-order valence-corrected chi connectivity index (χ0v) is 19.2. The first kappa shape index (κ1) is 23.9. The van der Waals surface area contributed by atoms with Gasteiger partial charge in [-0.1, -0.05) is 29.8 Å². The smallest absolute Gasteiger partial charge is 0.264 e. The molecule has 0 saturated carbocycles. The first-order valence-electron chi connectivity index (χ1n) is 10.00. The average molecular weight is 470 g/mol. The number of halogens is 1. The molecule has 0 aliphatic heterocycles. The second-order valence-electron chi connectivity index (χ2n) is 7.61. The first-order valence-corrected chi connectivity index (χ1v) is 11.4. The van der Waals surface area contributed by atoms with Crippen LogP contribution in [-0.4, -0.2) is 39.2 Å². The molecule has 3 rings (SSSR count). The van der Waals surface area contributed by atoms with E-state index in [-0.39, 0.29) is 16.0 Å². The SMILES string of the molecule is Cc1ccc(S(=O)(=O)N(C)c2ccc(C(=O)N(C)C(C(N)=O)c3cccc(F)c3)cc2)cc1. The molecule has 3 aromatic rings. The fourth-order valence-electron chi connectivity index (χ4n) is 3.40. The Balaban J connectivity index is 1.84. The van der Waals surface area contributed by atoms with Crippen LogP contribution in [0.15, 0.2) is 77.7 Å². The van der Waals surface area contributed by atoms with E-state index in [9.17, 15) is 22.4 Å². The summed E-state index contributed by atoms with van der Waals surface area (Å²) in [4.78, 5) is 26.3. The number of nitrogens with two attached hydrogens (primary N) is 1. The molecular weight excluding hydrogens is 445 g/mol. The van der Waals surface area contributed by atoms with E-state index in [1.807, 2.05) is 6.92 Å². The Morgan fingerprint density at radius 3 is 2.09 bits per heavy atom. The predicted octanol–water partition coefficient (Wildman–Crippen LogP) is 3.26. The molecule has 1 atom stereocenters. The second kappa shape index (κ2) is 9.41. The number of sulfonamides is 1. The van der Waals surface area contributed by atoms with Crippen molar-refractivity contribution in [2.24, 2.45) is 5.73 Å². The fraction of sp³-hybridized carbons (Fsp3) is 0.167. The summed E-state index contributed by atoms with van der Waals surface area (Å²) >= 11 is 0. The number of carbonyl (C=O) groups excluding carboxylic acids is 2. The topological polar surface area (TPSA) is 101 Å². The summed E-state index contributed by atoms with van der Waals surface area (Å²) in [7, 11) is -0.966. The molecule has 33 heavy (non-hydrogen) atoms. The van der Waals surface area contributed by atoms with Crippen LogP contribution in [-0.2, 0) is 14.8 Å². The Bertz CT molecular complexity index is 1280. The van der Waals surface area contributed by atoms with Crippen LogP contribution in [0.5, 0.6) is 0 Å². The molecule has 0 bridgehead atoms. The van der Waals surface area contributed by atoms with Gasteiger partial charge in [0.1, 0.15) is 11.9 Å². The van der Waals surface area contributed by atoms with Gasteiger partial charge >= 0.3 is 0 Å². The van der Waals surface area contributed by atoms with E-state index in [1.54, 1.807) is 12.1 Å². The molecule has 9 heteroatoms. The van der Waals surface area contributed by atoms with Gasteiger partial charge in [-0.15, -0.1) is 0 Å². The maximum absolute atomic E-state index is 13.6. The lowest BCUT2D eigenvalue weighted by molar-refractivity contribution is -0.122. The molecule has 0 aliphatic rings. The van der Waals surface area contributed by atoms with E-state index < -0.39 is 33.7 Å². The molecule has 2 N–H and O–H groups in total. The number of primary amides is 1. The molecule has 2 amide bonds. The number of carbonyl (C=O) groups is 2. The van der Waals surface area contributed by atoms with Crippen LogP contribution in [0.3, 0.4) is 0 Å². The number of rotatable bonds is 7. The molecular formula is C24H24FN3O4S. The van der Waals surface area contributed by atoms with Gasteiger partial charge in [-0.25, -0.2) is 12.8 Å². The Kier molecular flexibility index (Phi) is 6.83. The van der Waals surface area contributed by atoms with Crippen molar-refractivity contribution in [1.29, 1.82) is 0 Å². The van der Waals surface area contributed by atoms with Gasteiger partial charge in [0.2, 0.25) is 5.91 Å². The minimum atomic E-state index is -3.78. The molecule has 0 radical (unpaired) electrons. The number of amides is 2. The van der Waals surface area contributed by atoms with Crippen LogP contribution in [0, 0.1) is 12.7 Å². The van der Waals surface area contributed by atoms with Crippen LogP contribution in [0.25, 0.3) is 0 Å². The molecule has 0 heterocycles. The Labute approximate surface area is 192 Å². The third-order valence-corrected chi connectivity index (χ3v) is 7.10. The largest absolute Gasteiger partial charge is 0.368 e. The first-order chi connectivity index (χ1) is 15.5. The molecule has 7 nitrogen and oxygen atoms in total. The highest BCUT2D eigenvalue weighted by molar-refractivity contribution is 7.92. The van der Waals surface area contributed by atoms with Gasteiger partial charge in [0, 0.05) is 19.7 Å². The summed E-state index contributed by atoms with van der Waals surface area (Å²) in [5.74, 6) is -1.89. The summed E-state index contributed by atoms with van der Waals surface area (Å²) in [6, 6.07) is 16.5. The van der Waals surface area contributed by atoms with Crippen LogP contribution in [0.1, 0.15) is 27.5 Å². The molecule has 1 unspecified atom stereocenters. The van der Waals surface area contributed by atoms with Gasteiger partial charge in [0.25, 0.3) is 15.9 Å². The van der Waals surface area contributed by atoms with E-state index in [1.165, 1.54) is 68.7 Å². The van der Waals surface area contributed by atoms with Gasteiger partial charge in [0.05, 0.1) is 10.6 Å². The maximum Gasteiger partial charge on any atom is 0.264 e. The lowest BCUT2D eigenvalue weighted by atomic mass is 10.0. The van der Waals surface area contributed by atoms with Crippen LogP contribution < -0.4 is 10.0 Å². The number of aryl methyl sites for hydroxylation is 1. The van der Waals surface area contributed by atoms with Crippen molar-refractivity contribution >= 4 is 27.5 Å². The quantitative estimate of drug-likeness (QED) is 0.574. The molecule has 0 aliphatic carbocycles. The Morgan fingerprint density at radius 2 is 1.55 bits per heavy atom. The number of nitrogens with zero attached hydrogens (tertiary/aromatic N) is 2. The van der Waals surface area contributed by atoms with E-state index in [0.29, 0.717) is 5.69 Å². The number of benzene rings is 3. The summed E-state index contributed by atoms with van der Waals surface area (Å²) in [6.07, 6.45) is 0. The van der Waals surface area contributed by atoms with Gasteiger partial charge in [-0.05, 0) is 61.0 Å². The summed E-state index contributed by atoms with van der Waals surface area (Å²) in [5, 5.41) is 0. The van der Waals surface area contributed by atoms with Gasteiger partial charge in [0.15, 0.2) is 0 Å². The van der Waals surface area contributed by atoms with Gasteiger partial charge in [-0.3, -0.25) is 13.9 Å². The molecule has 0 fully saturated rings. The normalized spacial score (nSPS) is 12.1. The van der Waals surface area contributed by atoms with Crippen molar-refractivity contribution in [3.8, 4) is 0 Å². The third kappa shape index (κ3) is 5.04. The van der Waals surface area contributed by atoms with Crippen molar-refractivity contribution in [2.45, 2.75) is 17.9 Å². The Morgan fingerprint density at radius 1 is 0.939 bits per heavy atom. The average Bonchev–Trinajstić information content (AvgIpc) is 2.78. The van der Waals surface area contributed by atoms with E-state index in [2.05, 4.69) is 0 Å². The summed E-state index contributed by atoms with van der Waals surface area (Å²) < 4.78 is 40.5. The van der Waals surface area contributed by atoms with Crippen molar-refractivity contribution in [3.63, 3.8) is 0 Å². The third-order valence-electron chi connectivity index (χ3n) is 5.30. The van der Waals surface area contributed by atoms with Crippen molar-refractivity contribution in [1.82, 2.24) is 4.90 Å². The van der Waals surface area contributed by atoms with Crippen LogP contribution in [0.2, 0.25) is 0 Å². The fourth-order valence-corrected chi connectivity index (χ4v) is 4.59. The van der Waals surface area contributed by atoms with Crippen LogP contribution in [0.4, 0.5) is 10.1 Å². The minimum absolute atomic E-state index is 0.148. The molecule has 3 aromatic carbocycles. The van der Waals surface area contributed by atoms with Crippen LogP contribution >= 0.6 is 0 Å². The minimum Gasteiger partial charge on any atom is -0.368 e. The van der Waals surface area contributed by atoms with Gasteiger partial charge in [-0.2, -0.15) is 0 Å². The highest BCUT2D eigenvalue weighted by atomic mass is 32.2. The molecule has 0 spiro atoms. The standard InChI is InChI=1S/C24H24FN3O4S/c1-16-7-13-21(14-8-16)33(31,32)28(3)20-11-9-17(10-12-20)24(30)27(2)22(23(26)29)18-5-4-6-19(25)15-18/h4-15,22H,1-3H3,(H2,26,29). The van der Waals surface area contributed by atoms with Crippen molar-refractivity contribution in [2.75, 3.05) is 18.4 Å². The second-order valence-corrected chi connectivity index (χ2v) is 9.58. The molecule has 0 aromatic heterocycles. The highest BCUT2D eigenvalue weighted by Crippen LogP contribution is 2.25. The van der Waals surface area contributed by atoms with Crippen molar-refractivity contribution in [3.05, 3.63) is 95.3 Å². The highest BCUT2D eigenvalue weighted by Gasteiger charge is 2.28. The lowest BCUT2D eigenvalue weighted by Gasteiger charge is -2.26. The lowest BCUT2D eigenvalue weighted by Crippen LogP contribution is -2.39. The number of anilines is 1. The maximum atomic E-state index is 13.6. The zero-order valence-electron chi connectivity index (χ0n) is 18.4. The monoisotopic (exact) mass is 469 g/mol. The zero-order chi connectivity index (χ0) is 24.3. The molecule has 172 valence electrons. The van der Waals surface area contributed by atoms with E-state index in [4.69, 9.17) is 5.73 Å². The van der Waals surface area contributed by atoms with E-state index >= 15 is 0 Å². The summed E-state index contributed by atoms with van der Waals surface area (Å²) in [6.45, 7) is 1.87. The number of likely N-dealkylation sites (N-methyl/N-ethyl adjacent to an activating group) is 1. The predicted molar refractivity (Wildman–Crippen MR) is 124 cm³/mol. The summed E-state index contributed by atoms with van der Waals surface area (Å²) in [5.41, 5.74) is 7.24. The van der Waals surface area contributed by atoms with E-state index in [0.717, 1.165) is 20.8 Å². The number of hydrogen-bond acceptors (Lipinski definition) is 4. The number of hydrogen-bond donors (Lipinski definition) is 1. The van der Waals surface area contributed by atoms with Gasteiger partial charge < -0.3 is 10.6 Å². The Hall–Kier alpha value is -3.72. The molecule has 0 saturated heterocycles. The van der Waals surface area contributed by atoms with Crippen molar-refractivity contribution < 1.29 is 22.4 Å².